The van der Waals surface area contributed by atoms with Gasteiger partial charge in [-0.05, 0) is 30.1 Å². The van der Waals surface area contributed by atoms with Crippen molar-refractivity contribution in [2.45, 2.75) is 28.4 Å². The molecule has 2 unspecified atom stereocenters. The highest BCUT2D eigenvalue weighted by molar-refractivity contribution is 8.23. The van der Waals surface area contributed by atoms with Gasteiger partial charge in [-0.1, -0.05) is 0 Å². The van der Waals surface area contributed by atoms with E-state index in [0.717, 1.165) is 20.7 Å². The van der Waals surface area contributed by atoms with E-state index < -0.39 is 0 Å². The summed E-state index contributed by atoms with van der Waals surface area (Å²) in [6.45, 7) is 0. The third-order valence-electron chi connectivity index (χ3n) is 2.46. The predicted molar refractivity (Wildman–Crippen MR) is 95.7 cm³/mol. The molecule has 0 fully saturated rings. The summed E-state index contributed by atoms with van der Waals surface area (Å²) in [5.74, 6) is 1.80. The summed E-state index contributed by atoms with van der Waals surface area (Å²) >= 11 is 16.6. The van der Waals surface area contributed by atoms with Crippen LogP contribution in [0.15, 0.2) is 20.6 Å². The third kappa shape index (κ3) is 4.88. The molecular weight excluding hydrogens is 325 g/mol. The first kappa shape index (κ1) is 15.0. The third-order valence-corrected chi connectivity index (χ3v) is 9.16. The smallest absolute Gasteiger partial charge is 0.0588 e. The monoisotopic (exact) mass is 340 g/mol. The zero-order valence-electron chi connectivity index (χ0n) is 9.37. The standard InChI is InChI=1S/C11H16S6/c12-4-8-6-14-10(16-8)2-1-3-11-15-7-9(5-13)17-11/h6-7,10-13H,1-5H2. The van der Waals surface area contributed by atoms with Gasteiger partial charge in [0.05, 0.1) is 9.16 Å². The van der Waals surface area contributed by atoms with Crippen LogP contribution in [-0.2, 0) is 0 Å². The first-order valence-corrected chi connectivity index (χ1v) is 10.5. The molecule has 0 aromatic rings. The molecule has 0 saturated heterocycles. The van der Waals surface area contributed by atoms with Gasteiger partial charge in [-0.2, -0.15) is 25.3 Å². The van der Waals surface area contributed by atoms with Gasteiger partial charge in [-0.25, -0.2) is 0 Å². The molecule has 2 aliphatic heterocycles. The normalized spacial score (nSPS) is 28.4. The molecule has 0 nitrogen and oxygen atoms in total. The largest absolute Gasteiger partial charge is 0.174 e. The highest BCUT2D eigenvalue weighted by Crippen LogP contribution is 2.45. The minimum absolute atomic E-state index is 0.742. The van der Waals surface area contributed by atoms with Gasteiger partial charge in [0.1, 0.15) is 0 Å². The molecule has 17 heavy (non-hydrogen) atoms. The summed E-state index contributed by atoms with van der Waals surface area (Å²) in [5.41, 5.74) is 0. The molecule has 0 aliphatic carbocycles. The minimum atomic E-state index is 0.742. The van der Waals surface area contributed by atoms with Crippen molar-refractivity contribution < 1.29 is 0 Å². The van der Waals surface area contributed by atoms with E-state index in [-0.39, 0.29) is 0 Å². The number of rotatable bonds is 6. The van der Waals surface area contributed by atoms with Gasteiger partial charge in [0.15, 0.2) is 0 Å². The minimum Gasteiger partial charge on any atom is -0.174 e. The van der Waals surface area contributed by atoms with E-state index in [0.29, 0.717) is 0 Å². The molecule has 0 radical (unpaired) electrons. The number of thioether (sulfide) groups is 4. The van der Waals surface area contributed by atoms with Crippen molar-refractivity contribution >= 4 is 72.3 Å². The van der Waals surface area contributed by atoms with Crippen LogP contribution in [0.2, 0.25) is 0 Å². The SMILES string of the molecule is SCC1=CSC(CCCC2SC=C(CS)S2)S1. The fourth-order valence-corrected chi connectivity index (χ4v) is 7.55. The number of hydrogen-bond donors (Lipinski definition) is 2. The number of thiol groups is 2. The molecular formula is C11H16S6. The molecule has 0 aromatic carbocycles. The molecule has 0 saturated carbocycles. The first-order valence-electron chi connectivity index (χ1n) is 5.56. The molecule has 0 spiro atoms. The lowest BCUT2D eigenvalue weighted by Gasteiger charge is -2.11. The Bertz CT molecular complexity index is 281. The van der Waals surface area contributed by atoms with Crippen molar-refractivity contribution in [1.82, 2.24) is 0 Å². The average molecular weight is 341 g/mol. The first-order chi connectivity index (χ1) is 8.31. The fraction of sp³-hybridized carbons (Fsp3) is 0.636. The molecule has 0 amide bonds. The Labute approximate surface area is 132 Å². The second-order valence-electron chi connectivity index (χ2n) is 3.78. The second kappa shape index (κ2) is 8.00. The van der Waals surface area contributed by atoms with Crippen LogP contribution < -0.4 is 0 Å². The lowest BCUT2D eigenvalue weighted by molar-refractivity contribution is 0.758. The number of hydrogen-bond acceptors (Lipinski definition) is 6. The van der Waals surface area contributed by atoms with Crippen molar-refractivity contribution in [3.05, 3.63) is 20.6 Å². The maximum absolute atomic E-state index is 4.32. The predicted octanol–water partition coefficient (Wildman–Crippen LogP) is 5.31. The van der Waals surface area contributed by atoms with Crippen molar-refractivity contribution in [2.24, 2.45) is 0 Å². The van der Waals surface area contributed by atoms with E-state index in [1.54, 1.807) is 0 Å². The highest BCUT2D eigenvalue weighted by atomic mass is 32.2. The quantitative estimate of drug-likeness (QED) is 0.628. The van der Waals surface area contributed by atoms with Crippen molar-refractivity contribution in [1.29, 1.82) is 0 Å². The van der Waals surface area contributed by atoms with Crippen LogP contribution in [0.25, 0.3) is 0 Å². The summed E-state index contributed by atoms with van der Waals surface area (Å²) in [4.78, 5) is 2.87. The van der Waals surface area contributed by atoms with E-state index >= 15 is 0 Å². The van der Waals surface area contributed by atoms with E-state index in [4.69, 9.17) is 0 Å². The average Bonchev–Trinajstić information content (AvgIpc) is 2.97. The van der Waals surface area contributed by atoms with E-state index in [1.807, 2.05) is 47.0 Å². The summed E-state index contributed by atoms with van der Waals surface area (Å²) in [5, 5.41) is 4.56. The Morgan fingerprint density at radius 3 is 1.71 bits per heavy atom. The fourth-order valence-electron chi connectivity index (χ4n) is 1.61. The van der Waals surface area contributed by atoms with Gasteiger partial charge in [0.2, 0.25) is 0 Å². The van der Waals surface area contributed by atoms with Crippen molar-refractivity contribution in [2.75, 3.05) is 11.5 Å². The van der Waals surface area contributed by atoms with Gasteiger partial charge in [0.25, 0.3) is 0 Å². The van der Waals surface area contributed by atoms with Crippen LogP contribution in [0.5, 0.6) is 0 Å². The van der Waals surface area contributed by atoms with Gasteiger partial charge >= 0.3 is 0 Å². The molecule has 0 aromatic heterocycles. The van der Waals surface area contributed by atoms with Gasteiger partial charge in [-0.3, -0.25) is 0 Å². The van der Waals surface area contributed by atoms with Crippen LogP contribution in [-0.4, -0.2) is 20.7 Å². The highest BCUT2D eigenvalue weighted by Gasteiger charge is 2.20. The molecule has 2 atom stereocenters. The molecule has 2 aliphatic rings. The van der Waals surface area contributed by atoms with Crippen molar-refractivity contribution in [3.8, 4) is 0 Å². The molecule has 2 rings (SSSR count). The van der Waals surface area contributed by atoms with Crippen molar-refractivity contribution in [3.63, 3.8) is 0 Å². The van der Waals surface area contributed by atoms with Gasteiger partial charge in [0, 0.05) is 21.3 Å². The molecule has 0 N–H and O–H groups in total. The molecule has 2 heterocycles. The Kier molecular flexibility index (Phi) is 7.05. The van der Waals surface area contributed by atoms with Crippen LogP contribution in [0, 0.1) is 0 Å². The maximum Gasteiger partial charge on any atom is 0.0588 e. The van der Waals surface area contributed by atoms with Crippen LogP contribution in [0.3, 0.4) is 0 Å². The van der Waals surface area contributed by atoms with Gasteiger partial charge in [-0.15, -0.1) is 47.0 Å². The van der Waals surface area contributed by atoms with Crippen LogP contribution >= 0.6 is 72.3 Å². The lowest BCUT2D eigenvalue weighted by atomic mass is 10.3. The summed E-state index contributed by atoms with van der Waals surface area (Å²) < 4.78 is 1.48. The van der Waals surface area contributed by atoms with E-state index in [9.17, 15) is 0 Å². The van der Waals surface area contributed by atoms with E-state index in [1.165, 1.54) is 29.1 Å². The molecule has 0 bridgehead atoms. The molecule has 96 valence electrons. The Morgan fingerprint density at radius 2 is 1.35 bits per heavy atom. The maximum atomic E-state index is 4.32. The Hall–Kier alpha value is 1.58. The lowest BCUT2D eigenvalue weighted by Crippen LogP contribution is -1.97. The van der Waals surface area contributed by atoms with Gasteiger partial charge < -0.3 is 0 Å². The van der Waals surface area contributed by atoms with Crippen LogP contribution in [0.1, 0.15) is 19.3 Å². The topological polar surface area (TPSA) is 0 Å². The Balaban J connectivity index is 1.56. The molecule has 6 heteroatoms. The Morgan fingerprint density at radius 1 is 0.882 bits per heavy atom. The zero-order chi connectivity index (χ0) is 12.1. The zero-order valence-corrected chi connectivity index (χ0v) is 14.4. The van der Waals surface area contributed by atoms with E-state index in [2.05, 4.69) is 36.1 Å². The summed E-state index contributed by atoms with van der Waals surface area (Å²) in [7, 11) is 0. The summed E-state index contributed by atoms with van der Waals surface area (Å²) in [6.07, 6.45) is 3.96. The second-order valence-corrected chi connectivity index (χ2v) is 9.82. The summed E-state index contributed by atoms with van der Waals surface area (Å²) in [6, 6.07) is 0. The van der Waals surface area contributed by atoms with Crippen LogP contribution in [0.4, 0.5) is 0 Å².